The second-order valence-corrected chi connectivity index (χ2v) is 9.32. The summed E-state index contributed by atoms with van der Waals surface area (Å²) in [5.41, 5.74) is 5.31. The van der Waals surface area contributed by atoms with Crippen molar-refractivity contribution >= 4 is 22.7 Å². The fourth-order valence-corrected chi connectivity index (χ4v) is 4.86. The van der Waals surface area contributed by atoms with E-state index in [4.69, 9.17) is 9.94 Å². The predicted molar refractivity (Wildman–Crippen MR) is 138 cm³/mol. The number of carbonyl (C=O) groups excluding carboxylic acids is 2. The van der Waals surface area contributed by atoms with E-state index in [1.165, 1.54) is 5.56 Å². The fraction of sp³-hybridized carbons (Fsp3) is 0.393. The molecule has 1 unspecified atom stereocenters. The van der Waals surface area contributed by atoms with Gasteiger partial charge in [0.25, 0.3) is 11.8 Å². The van der Waals surface area contributed by atoms with E-state index in [1.807, 2.05) is 30.0 Å². The van der Waals surface area contributed by atoms with Crippen LogP contribution in [0.3, 0.4) is 0 Å². The van der Waals surface area contributed by atoms with E-state index in [0.717, 1.165) is 23.0 Å². The number of aromatic nitrogens is 1. The van der Waals surface area contributed by atoms with Crippen LogP contribution < -0.4 is 15.5 Å². The SMILES string of the molecule is Cc1cc(CCOc2ccc(C(=O)NC3CCN(C(CCF)C(=O)NO)CC3)cc2)c2ccccc2n1. The lowest BCUT2D eigenvalue weighted by atomic mass is 10.0. The van der Waals surface area contributed by atoms with Gasteiger partial charge in [-0.3, -0.25) is 29.1 Å². The van der Waals surface area contributed by atoms with Crippen molar-refractivity contribution in [2.45, 2.75) is 44.7 Å². The van der Waals surface area contributed by atoms with Crippen molar-refractivity contribution in [1.29, 1.82) is 0 Å². The number of nitrogens with zero attached hydrogens (tertiary/aromatic N) is 2. The van der Waals surface area contributed by atoms with E-state index in [1.54, 1.807) is 29.7 Å². The molecule has 1 aliphatic heterocycles. The zero-order valence-electron chi connectivity index (χ0n) is 21.0. The quantitative estimate of drug-likeness (QED) is 0.286. The highest BCUT2D eigenvalue weighted by molar-refractivity contribution is 5.94. The highest BCUT2D eigenvalue weighted by Crippen LogP contribution is 2.20. The normalized spacial score (nSPS) is 15.3. The van der Waals surface area contributed by atoms with Crippen LogP contribution >= 0.6 is 0 Å². The molecule has 37 heavy (non-hydrogen) atoms. The number of aryl methyl sites for hydroxylation is 1. The third kappa shape index (κ3) is 6.81. The Labute approximate surface area is 215 Å². The Morgan fingerprint density at radius 1 is 1.16 bits per heavy atom. The van der Waals surface area contributed by atoms with Gasteiger partial charge in [0.2, 0.25) is 0 Å². The average molecular weight is 509 g/mol. The van der Waals surface area contributed by atoms with Crippen LogP contribution in [0.1, 0.15) is 40.9 Å². The molecule has 1 aromatic heterocycles. The third-order valence-electron chi connectivity index (χ3n) is 6.79. The van der Waals surface area contributed by atoms with Crippen LogP contribution in [0.4, 0.5) is 4.39 Å². The minimum Gasteiger partial charge on any atom is -0.493 e. The van der Waals surface area contributed by atoms with Gasteiger partial charge in [0.15, 0.2) is 0 Å². The first-order valence-corrected chi connectivity index (χ1v) is 12.6. The number of nitrogens with one attached hydrogen (secondary N) is 2. The van der Waals surface area contributed by atoms with Crippen LogP contribution in [-0.2, 0) is 11.2 Å². The van der Waals surface area contributed by atoms with Crippen molar-refractivity contribution in [3.63, 3.8) is 0 Å². The Kier molecular flexibility index (Phi) is 9.03. The van der Waals surface area contributed by atoms with Crippen LogP contribution in [0.2, 0.25) is 0 Å². The van der Waals surface area contributed by atoms with Crippen molar-refractivity contribution in [1.82, 2.24) is 20.7 Å². The Morgan fingerprint density at radius 2 is 1.89 bits per heavy atom. The molecule has 8 nitrogen and oxygen atoms in total. The minimum atomic E-state index is -0.708. The molecule has 0 spiro atoms. The molecule has 2 amide bonds. The van der Waals surface area contributed by atoms with Gasteiger partial charge in [-0.1, -0.05) is 18.2 Å². The van der Waals surface area contributed by atoms with Crippen LogP contribution in [0.15, 0.2) is 54.6 Å². The largest absolute Gasteiger partial charge is 0.493 e. The number of hydrogen-bond acceptors (Lipinski definition) is 6. The van der Waals surface area contributed by atoms with Gasteiger partial charge in [0.05, 0.1) is 24.8 Å². The average Bonchev–Trinajstić information content (AvgIpc) is 2.92. The fourth-order valence-electron chi connectivity index (χ4n) is 4.86. The molecule has 4 rings (SSSR count). The number of pyridine rings is 1. The lowest BCUT2D eigenvalue weighted by molar-refractivity contribution is -0.135. The van der Waals surface area contributed by atoms with Gasteiger partial charge in [-0.15, -0.1) is 0 Å². The van der Waals surface area contributed by atoms with Gasteiger partial charge in [-0.05, 0) is 61.7 Å². The van der Waals surface area contributed by atoms with E-state index in [0.29, 0.717) is 43.9 Å². The van der Waals surface area contributed by atoms with Gasteiger partial charge in [0, 0.05) is 48.6 Å². The molecule has 3 aromatic rings. The molecule has 0 saturated carbocycles. The van der Waals surface area contributed by atoms with Gasteiger partial charge < -0.3 is 10.1 Å². The third-order valence-corrected chi connectivity index (χ3v) is 6.79. The first kappa shape index (κ1) is 26.5. The monoisotopic (exact) mass is 508 g/mol. The number of ether oxygens (including phenoxy) is 1. The Hall–Kier alpha value is -3.56. The van der Waals surface area contributed by atoms with Gasteiger partial charge >= 0.3 is 0 Å². The molecule has 2 heterocycles. The van der Waals surface area contributed by atoms with E-state index < -0.39 is 18.6 Å². The zero-order chi connectivity index (χ0) is 26.2. The van der Waals surface area contributed by atoms with Crippen LogP contribution in [-0.4, -0.2) is 65.4 Å². The molecule has 9 heteroatoms. The first-order valence-electron chi connectivity index (χ1n) is 12.6. The summed E-state index contributed by atoms with van der Waals surface area (Å²) < 4.78 is 18.8. The Bertz CT molecular complexity index is 1210. The van der Waals surface area contributed by atoms with Crippen molar-refractivity contribution in [2.75, 3.05) is 26.4 Å². The molecule has 0 bridgehead atoms. The molecule has 1 atom stereocenters. The number of amides is 2. The number of hydrogen-bond donors (Lipinski definition) is 3. The summed E-state index contributed by atoms with van der Waals surface area (Å²) >= 11 is 0. The van der Waals surface area contributed by atoms with E-state index >= 15 is 0 Å². The summed E-state index contributed by atoms with van der Waals surface area (Å²) in [4.78, 5) is 31.0. The van der Waals surface area contributed by atoms with Crippen molar-refractivity contribution < 1.29 is 23.9 Å². The molecular formula is C28H33FN4O4. The highest BCUT2D eigenvalue weighted by Gasteiger charge is 2.30. The number of rotatable bonds is 10. The maximum absolute atomic E-state index is 12.8. The zero-order valence-corrected chi connectivity index (χ0v) is 21.0. The maximum atomic E-state index is 12.8. The summed E-state index contributed by atoms with van der Waals surface area (Å²) in [6, 6.07) is 16.5. The van der Waals surface area contributed by atoms with Gasteiger partial charge in [0.1, 0.15) is 5.75 Å². The number of fused-ring (bicyclic) bond motifs is 1. The molecule has 1 aliphatic rings. The van der Waals surface area contributed by atoms with Gasteiger partial charge in [-0.25, -0.2) is 5.48 Å². The highest BCUT2D eigenvalue weighted by atomic mass is 19.1. The number of carbonyl (C=O) groups is 2. The second kappa shape index (κ2) is 12.6. The topological polar surface area (TPSA) is 104 Å². The molecule has 1 fully saturated rings. The predicted octanol–water partition coefficient (Wildman–Crippen LogP) is 3.59. The molecule has 0 radical (unpaired) electrons. The van der Waals surface area contributed by atoms with Crippen LogP contribution in [0, 0.1) is 6.92 Å². The number of hydroxylamine groups is 1. The maximum Gasteiger partial charge on any atom is 0.260 e. The summed E-state index contributed by atoms with van der Waals surface area (Å²) in [5, 5.41) is 13.1. The summed E-state index contributed by atoms with van der Waals surface area (Å²) in [6.07, 6.45) is 2.04. The number of halogens is 1. The summed E-state index contributed by atoms with van der Waals surface area (Å²) in [6.45, 7) is 2.91. The smallest absolute Gasteiger partial charge is 0.260 e. The summed E-state index contributed by atoms with van der Waals surface area (Å²) in [5.74, 6) is -0.0789. The summed E-state index contributed by atoms with van der Waals surface area (Å²) in [7, 11) is 0. The molecule has 1 saturated heterocycles. The number of likely N-dealkylation sites (tertiary alicyclic amines) is 1. The minimum absolute atomic E-state index is 0.0244. The van der Waals surface area contributed by atoms with E-state index in [-0.39, 0.29) is 18.4 Å². The molecule has 196 valence electrons. The molecule has 3 N–H and O–H groups in total. The molecule has 2 aromatic carbocycles. The van der Waals surface area contributed by atoms with Crippen LogP contribution in [0.25, 0.3) is 10.9 Å². The van der Waals surface area contributed by atoms with Gasteiger partial charge in [-0.2, -0.15) is 0 Å². The Balaban J connectivity index is 1.25. The van der Waals surface area contributed by atoms with E-state index in [2.05, 4.69) is 22.4 Å². The molecular weight excluding hydrogens is 475 g/mol. The lowest BCUT2D eigenvalue weighted by Gasteiger charge is -2.36. The number of benzene rings is 2. The van der Waals surface area contributed by atoms with E-state index in [9.17, 15) is 14.0 Å². The lowest BCUT2D eigenvalue weighted by Crippen LogP contribution is -2.52. The second-order valence-electron chi connectivity index (χ2n) is 9.32. The first-order chi connectivity index (χ1) is 18.0. The van der Waals surface area contributed by atoms with Crippen molar-refractivity contribution in [3.8, 4) is 5.75 Å². The van der Waals surface area contributed by atoms with Crippen molar-refractivity contribution in [3.05, 3.63) is 71.4 Å². The number of para-hydroxylation sites is 1. The van der Waals surface area contributed by atoms with Crippen molar-refractivity contribution in [2.24, 2.45) is 0 Å². The standard InChI is InChI=1S/C28H33FN4O4/c1-19-18-21(24-4-2-3-5-25(24)30-19)13-17-37-23-8-6-20(7-9-23)27(34)31-22-11-15-33(16-12-22)26(10-14-29)28(35)32-36/h2-9,18,22,26,36H,10-17H2,1H3,(H,31,34)(H,32,35). The number of alkyl halides is 1. The number of piperidine rings is 1. The van der Waals surface area contributed by atoms with Crippen LogP contribution in [0.5, 0.6) is 5.75 Å². The Morgan fingerprint density at radius 3 is 2.59 bits per heavy atom. The molecule has 0 aliphatic carbocycles.